The summed E-state index contributed by atoms with van der Waals surface area (Å²) in [6, 6.07) is 9.25. The minimum Gasteiger partial charge on any atom is -0.308 e. The number of aromatic nitrogens is 1. The van der Waals surface area contributed by atoms with Gasteiger partial charge in [0.25, 0.3) is 0 Å². The number of hydrogen-bond acceptors (Lipinski definition) is 3. The third-order valence-corrected chi connectivity index (χ3v) is 5.08. The maximum Gasteiger partial charge on any atom is 0.325 e. The fourth-order valence-corrected chi connectivity index (χ4v) is 3.31. The smallest absolute Gasteiger partial charge is 0.308 e. The van der Waals surface area contributed by atoms with Gasteiger partial charge < -0.3 is 5.32 Å². The summed E-state index contributed by atoms with van der Waals surface area (Å²) in [6.45, 7) is 5.97. The van der Waals surface area contributed by atoms with E-state index in [-0.39, 0.29) is 6.03 Å². The third kappa shape index (κ3) is 3.30. The lowest BCUT2D eigenvalue weighted by atomic mass is 10.1. The van der Waals surface area contributed by atoms with Crippen LogP contribution in [-0.2, 0) is 0 Å². The summed E-state index contributed by atoms with van der Waals surface area (Å²) in [5.41, 5.74) is 4.82. The maximum atomic E-state index is 12.1. The van der Waals surface area contributed by atoms with Crippen molar-refractivity contribution in [3.05, 3.63) is 52.0 Å². The number of aryl methyl sites for hydroxylation is 3. The predicted octanol–water partition coefficient (Wildman–Crippen LogP) is 5.52. The Morgan fingerprint density at radius 2 is 1.87 bits per heavy atom. The first-order valence-corrected chi connectivity index (χ1v) is 8.34. The van der Waals surface area contributed by atoms with E-state index in [1.165, 1.54) is 16.9 Å². The van der Waals surface area contributed by atoms with Crippen molar-refractivity contribution in [2.24, 2.45) is 0 Å². The van der Waals surface area contributed by atoms with Crippen molar-refractivity contribution in [3.8, 4) is 0 Å². The average Bonchev–Trinajstić information content (AvgIpc) is 2.90. The predicted molar refractivity (Wildman–Crippen MR) is 97.9 cm³/mol. The number of nitrogens with zero attached hydrogens (tertiary/aromatic N) is 1. The van der Waals surface area contributed by atoms with Gasteiger partial charge in [0.15, 0.2) is 5.13 Å². The number of rotatable bonds is 2. The van der Waals surface area contributed by atoms with E-state index in [0.717, 1.165) is 27.0 Å². The summed E-state index contributed by atoms with van der Waals surface area (Å²) in [6.07, 6.45) is 0. The number of carbonyl (C=O) groups excluding carboxylic acids is 1. The molecule has 3 aromatic rings. The molecule has 0 aliphatic rings. The van der Waals surface area contributed by atoms with Crippen molar-refractivity contribution < 1.29 is 4.79 Å². The number of anilines is 2. The Morgan fingerprint density at radius 1 is 1.09 bits per heavy atom. The number of carbonyl (C=O) groups is 1. The minimum atomic E-state index is -0.309. The van der Waals surface area contributed by atoms with E-state index >= 15 is 0 Å². The largest absolute Gasteiger partial charge is 0.325 e. The molecule has 4 nitrogen and oxygen atoms in total. The normalized spacial score (nSPS) is 10.8. The highest BCUT2D eigenvalue weighted by Gasteiger charge is 2.11. The molecule has 0 saturated heterocycles. The molecule has 1 aromatic heterocycles. The second-order valence-corrected chi connectivity index (χ2v) is 6.85. The molecule has 6 heteroatoms. The Morgan fingerprint density at radius 3 is 2.61 bits per heavy atom. The van der Waals surface area contributed by atoms with Crippen LogP contribution in [0.15, 0.2) is 30.3 Å². The Kier molecular flexibility index (Phi) is 4.24. The lowest BCUT2D eigenvalue weighted by Crippen LogP contribution is -2.19. The molecule has 0 fully saturated rings. The van der Waals surface area contributed by atoms with Gasteiger partial charge in [-0.05, 0) is 61.7 Å². The molecule has 0 unspecified atom stereocenters. The Balaban J connectivity index is 1.77. The molecule has 0 aliphatic heterocycles. The quantitative estimate of drug-likeness (QED) is 0.642. The zero-order valence-electron chi connectivity index (χ0n) is 13.0. The molecule has 2 aromatic carbocycles. The van der Waals surface area contributed by atoms with Crippen molar-refractivity contribution >= 4 is 50.0 Å². The van der Waals surface area contributed by atoms with Gasteiger partial charge in [-0.25, -0.2) is 9.78 Å². The van der Waals surface area contributed by atoms with Gasteiger partial charge in [-0.3, -0.25) is 5.32 Å². The third-order valence-electron chi connectivity index (χ3n) is 3.73. The van der Waals surface area contributed by atoms with E-state index < -0.39 is 0 Å². The van der Waals surface area contributed by atoms with Crippen molar-refractivity contribution in [2.45, 2.75) is 20.8 Å². The van der Waals surface area contributed by atoms with E-state index in [1.54, 1.807) is 0 Å². The molecule has 3 rings (SSSR count). The molecule has 0 atom stereocenters. The zero-order valence-corrected chi connectivity index (χ0v) is 14.6. The number of thiazole rings is 1. The molecule has 118 valence electrons. The number of halogens is 1. The van der Waals surface area contributed by atoms with Gasteiger partial charge in [-0.1, -0.05) is 29.0 Å². The fourth-order valence-electron chi connectivity index (χ4n) is 2.23. The first-order chi connectivity index (χ1) is 10.9. The molecule has 23 heavy (non-hydrogen) atoms. The van der Waals surface area contributed by atoms with Crippen LogP contribution >= 0.6 is 22.9 Å². The van der Waals surface area contributed by atoms with E-state index in [0.29, 0.717) is 10.2 Å². The average molecular weight is 346 g/mol. The van der Waals surface area contributed by atoms with Gasteiger partial charge >= 0.3 is 6.03 Å². The minimum absolute atomic E-state index is 0.309. The number of benzene rings is 2. The van der Waals surface area contributed by atoms with Crippen LogP contribution in [0.2, 0.25) is 5.02 Å². The number of hydrogen-bond donors (Lipinski definition) is 2. The molecular formula is C17H16ClN3OS. The molecule has 0 aliphatic carbocycles. The van der Waals surface area contributed by atoms with Gasteiger partial charge in [0.05, 0.1) is 10.2 Å². The summed E-state index contributed by atoms with van der Waals surface area (Å²) in [5.74, 6) is 0. The lowest BCUT2D eigenvalue weighted by molar-refractivity contribution is 0.262. The molecule has 0 radical (unpaired) electrons. The van der Waals surface area contributed by atoms with Crippen LogP contribution in [0.3, 0.4) is 0 Å². The van der Waals surface area contributed by atoms with Crippen molar-refractivity contribution in [2.75, 3.05) is 10.6 Å². The first kappa shape index (κ1) is 15.8. The number of amides is 2. The van der Waals surface area contributed by atoms with Gasteiger partial charge in [0.2, 0.25) is 0 Å². The van der Waals surface area contributed by atoms with Crippen molar-refractivity contribution in [1.82, 2.24) is 4.98 Å². The summed E-state index contributed by atoms with van der Waals surface area (Å²) in [4.78, 5) is 16.6. The van der Waals surface area contributed by atoms with Crippen molar-refractivity contribution in [3.63, 3.8) is 0 Å². The summed E-state index contributed by atoms with van der Waals surface area (Å²) >= 11 is 7.53. The number of fused-ring (bicyclic) bond motifs is 1. The molecule has 0 bridgehead atoms. The van der Waals surface area contributed by atoms with Gasteiger partial charge in [-0.15, -0.1) is 0 Å². The summed E-state index contributed by atoms with van der Waals surface area (Å²) < 4.78 is 0.994. The molecule has 1 heterocycles. The standard InChI is InChI=1S/C17H16ClN3OS/c1-9-4-5-12(8-10(9)2)19-16(22)21-17-20-15-11(3)13(18)6-7-14(15)23-17/h4-8H,1-3H3,(H2,19,20,21,22). The van der Waals surface area contributed by atoms with E-state index in [1.807, 2.05) is 51.1 Å². The molecule has 0 spiro atoms. The monoisotopic (exact) mass is 345 g/mol. The molecular weight excluding hydrogens is 330 g/mol. The van der Waals surface area contributed by atoms with Crippen LogP contribution in [-0.4, -0.2) is 11.0 Å². The Labute approximate surface area is 143 Å². The highest BCUT2D eigenvalue weighted by molar-refractivity contribution is 7.22. The van der Waals surface area contributed by atoms with Crippen LogP contribution in [0.25, 0.3) is 10.2 Å². The molecule has 0 saturated carbocycles. The topological polar surface area (TPSA) is 54.0 Å². The number of urea groups is 1. The SMILES string of the molecule is Cc1ccc(NC(=O)Nc2nc3c(C)c(Cl)ccc3s2)cc1C. The highest BCUT2D eigenvalue weighted by atomic mass is 35.5. The summed E-state index contributed by atoms with van der Waals surface area (Å²) in [5, 5.41) is 6.82. The van der Waals surface area contributed by atoms with Crippen LogP contribution < -0.4 is 10.6 Å². The second kappa shape index (κ2) is 6.18. The highest BCUT2D eigenvalue weighted by Crippen LogP contribution is 2.31. The van der Waals surface area contributed by atoms with E-state index in [9.17, 15) is 4.79 Å². The van der Waals surface area contributed by atoms with Crippen LogP contribution in [0.4, 0.5) is 15.6 Å². The summed E-state index contributed by atoms with van der Waals surface area (Å²) in [7, 11) is 0. The fraction of sp³-hybridized carbons (Fsp3) is 0.176. The number of nitrogens with one attached hydrogen (secondary N) is 2. The first-order valence-electron chi connectivity index (χ1n) is 7.15. The van der Waals surface area contributed by atoms with Crippen LogP contribution in [0.5, 0.6) is 0 Å². The Hall–Kier alpha value is -2.11. The van der Waals surface area contributed by atoms with E-state index in [2.05, 4.69) is 15.6 Å². The lowest BCUT2D eigenvalue weighted by Gasteiger charge is -2.07. The van der Waals surface area contributed by atoms with Crippen LogP contribution in [0.1, 0.15) is 16.7 Å². The van der Waals surface area contributed by atoms with Gasteiger partial charge in [0, 0.05) is 10.7 Å². The van der Waals surface area contributed by atoms with Gasteiger partial charge in [-0.2, -0.15) is 0 Å². The maximum absolute atomic E-state index is 12.1. The Bertz CT molecular complexity index is 904. The molecule has 2 N–H and O–H groups in total. The molecule has 2 amide bonds. The second-order valence-electron chi connectivity index (χ2n) is 5.42. The van der Waals surface area contributed by atoms with Gasteiger partial charge in [0.1, 0.15) is 0 Å². The van der Waals surface area contributed by atoms with E-state index in [4.69, 9.17) is 11.6 Å². The van der Waals surface area contributed by atoms with Crippen molar-refractivity contribution in [1.29, 1.82) is 0 Å². The van der Waals surface area contributed by atoms with Crippen LogP contribution in [0, 0.1) is 20.8 Å². The zero-order chi connectivity index (χ0) is 16.6.